The van der Waals surface area contributed by atoms with Gasteiger partial charge in [0.2, 0.25) is 10.0 Å². The lowest BCUT2D eigenvalue weighted by atomic mass is 9.89. The van der Waals surface area contributed by atoms with Gasteiger partial charge in [0.1, 0.15) is 0 Å². The van der Waals surface area contributed by atoms with Crippen LogP contribution in [0.4, 0.5) is 4.79 Å². The molecule has 2 aliphatic rings. The van der Waals surface area contributed by atoms with E-state index in [0.717, 1.165) is 32.3 Å². The van der Waals surface area contributed by atoms with Crippen molar-refractivity contribution in [2.45, 2.75) is 37.0 Å². The Bertz CT molecular complexity index is 691. The molecule has 2 fully saturated rings. The van der Waals surface area contributed by atoms with Gasteiger partial charge in [-0.05, 0) is 35.7 Å². The number of sulfonamides is 1. The predicted octanol–water partition coefficient (Wildman–Crippen LogP) is 2.14. The normalized spacial score (nSPS) is 20.2. The molecule has 1 spiro atoms. The number of carbonyl (C=O) groups is 1. The first-order valence-corrected chi connectivity index (χ1v) is 10.1. The molecule has 0 N–H and O–H groups in total. The molecule has 2 heterocycles. The molecule has 7 nitrogen and oxygen atoms in total. The molecular formula is C17H24N2O5S. The first kappa shape index (κ1) is 18.2. The van der Waals surface area contributed by atoms with Crippen molar-refractivity contribution in [3.05, 3.63) is 35.9 Å². The molecule has 0 bridgehead atoms. The van der Waals surface area contributed by atoms with Crippen LogP contribution in [-0.2, 0) is 25.4 Å². The summed E-state index contributed by atoms with van der Waals surface area (Å²) in [4.78, 5) is 18.9. The third kappa shape index (κ3) is 4.31. The lowest BCUT2D eigenvalue weighted by Crippen LogP contribution is -2.48. The van der Waals surface area contributed by atoms with Crippen molar-refractivity contribution in [1.29, 1.82) is 0 Å². The van der Waals surface area contributed by atoms with Crippen molar-refractivity contribution >= 4 is 16.1 Å². The average molecular weight is 368 g/mol. The number of rotatable bonds is 4. The molecule has 2 aliphatic heterocycles. The first-order valence-electron chi connectivity index (χ1n) is 8.52. The minimum absolute atomic E-state index is 0.0952. The molecule has 138 valence electrons. The summed E-state index contributed by atoms with van der Waals surface area (Å²) in [7, 11) is -2.48. The lowest BCUT2D eigenvalue weighted by Gasteiger charge is -2.38. The Kier molecular flexibility index (Phi) is 5.31. The monoisotopic (exact) mass is 368 g/mol. The van der Waals surface area contributed by atoms with E-state index < -0.39 is 16.1 Å². The van der Waals surface area contributed by atoms with E-state index >= 15 is 0 Å². The molecule has 1 aromatic rings. The van der Waals surface area contributed by atoms with Gasteiger partial charge in [0, 0.05) is 26.7 Å². The number of amides is 1. The summed E-state index contributed by atoms with van der Waals surface area (Å²) in [6, 6.07) is 8.80. The number of ether oxygens (including phenoxy) is 1. The number of nitrogens with zero attached hydrogens (tertiary/aromatic N) is 2. The van der Waals surface area contributed by atoms with Crippen LogP contribution in [0.5, 0.6) is 0 Å². The molecule has 0 aromatic heterocycles. The highest BCUT2D eigenvalue weighted by atomic mass is 32.2. The smallest absolute Gasteiger partial charge is 0.375 e. The van der Waals surface area contributed by atoms with Crippen LogP contribution < -0.4 is 0 Å². The van der Waals surface area contributed by atoms with Gasteiger partial charge < -0.3 is 14.5 Å². The molecule has 1 amide bonds. The number of benzene rings is 1. The topological polar surface area (TPSA) is 76.2 Å². The van der Waals surface area contributed by atoms with Crippen LogP contribution >= 0.6 is 0 Å². The largest absolute Gasteiger partial charge is 0.429 e. The molecule has 2 saturated heterocycles. The van der Waals surface area contributed by atoms with E-state index in [0.29, 0.717) is 23.1 Å². The van der Waals surface area contributed by atoms with Crippen molar-refractivity contribution in [2.24, 2.45) is 0 Å². The second-order valence-corrected chi connectivity index (χ2v) is 8.60. The quantitative estimate of drug-likeness (QED) is 0.761. The van der Waals surface area contributed by atoms with Crippen molar-refractivity contribution in [3.63, 3.8) is 0 Å². The van der Waals surface area contributed by atoms with E-state index in [9.17, 15) is 13.2 Å². The van der Waals surface area contributed by atoms with Gasteiger partial charge in [-0.1, -0.05) is 30.3 Å². The van der Waals surface area contributed by atoms with E-state index in [-0.39, 0.29) is 11.4 Å². The molecule has 0 atom stereocenters. The van der Waals surface area contributed by atoms with E-state index in [1.165, 1.54) is 7.05 Å². The lowest BCUT2D eigenvalue weighted by molar-refractivity contribution is -0.0609. The average Bonchev–Trinajstić information content (AvgIpc) is 3.04. The van der Waals surface area contributed by atoms with Gasteiger partial charge in [0.15, 0.2) is 0 Å². The maximum atomic E-state index is 12.3. The minimum atomic E-state index is -3.73. The fraction of sp³-hybridized carbons (Fsp3) is 0.588. The molecule has 3 rings (SSSR count). The molecule has 8 heteroatoms. The van der Waals surface area contributed by atoms with Gasteiger partial charge >= 0.3 is 6.09 Å². The maximum absolute atomic E-state index is 12.3. The Labute approximate surface area is 148 Å². The number of hydrogen-bond acceptors (Lipinski definition) is 5. The summed E-state index contributed by atoms with van der Waals surface area (Å²) in [5.41, 5.74) is 0.547. The van der Waals surface area contributed by atoms with Crippen molar-refractivity contribution in [2.75, 3.05) is 26.7 Å². The van der Waals surface area contributed by atoms with Gasteiger partial charge in [-0.25, -0.2) is 13.2 Å². The predicted molar refractivity (Wildman–Crippen MR) is 92.0 cm³/mol. The van der Waals surface area contributed by atoms with E-state index in [1.54, 1.807) is 29.2 Å². The van der Waals surface area contributed by atoms with Crippen LogP contribution in [0, 0.1) is 0 Å². The molecule has 1 aromatic carbocycles. The molecule has 0 aliphatic carbocycles. The van der Waals surface area contributed by atoms with Crippen LogP contribution in [0.1, 0.15) is 31.2 Å². The molecule has 0 unspecified atom stereocenters. The van der Waals surface area contributed by atoms with E-state index in [4.69, 9.17) is 9.57 Å². The maximum Gasteiger partial charge on any atom is 0.429 e. The third-order valence-corrected chi connectivity index (χ3v) is 6.46. The third-order valence-electron chi connectivity index (χ3n) is 4.91. The first-order chi connectivity index (χ1) is 11.9. The Morgan fingerprint density at radius 3 is 2.52 bits per heavy atom. The van der Waals surface area contributed by atoms with Gasteiger partial charge in [-0.2, -0.15) is 0 Å². The Hall–Kier alpha value is -1.64. The molecular weight excluding hydrogens is 344 g/mol. The van der Waals surface area contributed by atoms with Crippen molar-refractivity contribution in [3.8, 4) is 0 Å². The van der Waals surface area contributed by atoms with Crippen LogP contribution in [0.25, 0.3) is 0 Å². The minimum Gasteiger partial charge on any atom is -0.375 e. The SMILES string of the molecule is CN(OC(=O)N1CCC2(CCCO2)CC1)S(=O)(=O)Cc1ccccc1. The highest BCUT2D eigenvalue weighted by Crippen LogP contribution is 2.35. The zero-order valence-corrected chi connectivity index (χ0v) is 15.2. The Balaban J connectivity index is 1.53. The van der Waals surface area contributed by atoms with Crippen molar-refractivity contribution < 1.29 is 22.8 Å². The molecule has 0 radical (unpaired) electrons. The van der Waals surface area contributed by atoms with Crippen LogP contribution in [0.15, 0.2) is 30.3 Å². The highest BCUT2D eigenvalue weighted by molar-refractivity contribution is 7.88. The zero-order chi connectivity index (χ0) is 17.9. The summed E-state index contributed by atoms with van der Waals surface area (Å²) in [5.74, 6) is -0.214. The Morgan fingerprint density at radius 2 is 1.92 bits per heavy atom. The second-order valence-electron chi connectivity index (χ2n) is 6.63. The number of hydrogen-bond donors (Lipinski definition) is 0. The fourth-order valence-corrected chi connectivity index (χ4v) is 4.32. The van der Waals surface area contributed by atoms with Crippen molar-refractivity contribution in [1.82, 2.24) is 9.37 Å². The Morgan fingerprint density at radius 1 is 1.24 bits per heavy atom. The van der Waals surface area contributed by atoms with E-state index in [2.05, 4.69) is 0 Å². The number of likely N-dealkylation sites (tertiary alicyclic amines) is 1. The number of carbonyl (C=O) groups excluding carboxylic acids is 1. The number of piperidine rings is 1. The summed E-state index contributed by atoms with van der Waals surface area (Å²) < 4.78 is 31.2. The van der Waals surface area contributed by atoms with Gasteiger partial charge in [0.25, 0.3) is 0 Å². The second kappa shape index (κ2) is 7.31. The molecule has 0 saturated carbocycles. The van der Waals surface area contributed by atoms with Crippen LogP contribution in [-0.4, -0.2) is 56.2 Å². The van der Waals surface area contributed by atoms with Gasteiger partial charge in [0.05, 0.1) is 11.4 Å². The van der Waals surface area contributed by atoms with Gasteiger partial charge in [-0.15, -0.1) is 0 Å². The van der Waals surface area contributed by atoms with Gasteiger partial charge in [-0.3, -0.25) is 0 Å². The summed E-state index contributed by atoms with van der Waals surface area (Å²) in [5, 5.41) is 0. The van der Waals surface area contributed by atoms with E-state index in [1.807, 2.05) is 6.07 Å². The summed E-state index contributed by atoms with van der Waals surface area (Å²) >= 11 is 0. The summed E-state index contributed by atoms with van der Waals surface area (Å²) in [6.07, 6.45) is 2.99. The number of hydroxylamine groups is 1. The molecule has 25 heavy (non-hydrogen) atoms. The van der Waals surface area contributed by atoms with Crippen LogP contribution in [0.2, 0.25) is 0 Å². The fourth-order valence-electron chi connectivity index (χ4n) is 3.35. The standard InChI is InChI=1S/C17H24N2O5S/c1-18(25(21,22)14-15-6-3-2-4-7-15)24-16(20)19-11-9-17(10-12-19)8-5-13-23-17/h2-4,6-7H,5,8-14H2,1H3. The highest BCUT2D eigenvalue weighted by Gasteiger charge is 2.40. The zero-order valence-electron chi connectivity index (χ0n) is 14.4. The van der Waals surface area contributed by atoms with Crippen LogP contribution in [0.3, 0.4) is 0 Å². The summed E-state index contributed by atoms with van der Waals surface area (Å²) in [6.45, 7) is 1.82.